The SMILES string of the molecule is Cc1nc(N(C)CC2CCCCN2C)c2cnn(C)c2n1. The Morgan fingerprint density at radius 1 is 1.29 bits per heavy atom. The largest absolute Gasteiger partial charge is 0.357 e. The van der Waals surface area contributed by atoms with Crippen LogP contribution in [0.3, 0.4) is 0 Å². The fourth-order valence-electron chi connectivity index (χ4n) is 3.18. The summed E-state index contributed by atoms with van der Waals surface area (Å²) in [6.45, 7) is 4.14. The summed E-state index contributed by atoms with van der Waals surface area (Å²) in [5.41, 5.74) is 0.904. The molecule has 0 N–H and O–H groups in total. The molecule has 1 aliphatic heterocycles. The van der Waals surface area contributed by atoms with E-state index in [-0.39, 0.29) is 0 Å². The van der Waals surface area contributed by atoms with E-state index in [1.165, 1.54) is 25.8 Å². The van der Waals surface area contributed by atoms with E-state index >= 15 is 0 Å². The standard InChI is InChI=1S/C15H24N6/c1-11-17-14(13-9-16-21(4)15(13)18-11)20(3)10-12-7-5-6-8-19(12)2/h9,12H,5-8,10H2,1-4H3. The molecule has 0 bridgehead atoms. The Morgan fingerprint density at radius 3 is 2.86 bits per heavy atom. The minimum Gasteiger partial charge on any atom is -0.357 e. The summed E-state index contributed by atoms with van der Waals surface area (Å²) in [5, 5.41) is 5.35. The highest BCUT2D eigenvalue weighted by atomic mass is 15.3. The normalized spacial score (nSPS) is 20.1. The van der Waals surface area contributed by atoms with Crippen LogP contribution in [0.2, 0.25) is 0 Å². The molecule has 1 unspecified atom stereocenters. The molecule has 3 heterocycles. The van der Waals surface area contributed by atoms with Crippen molar-refractivity contribution in [2.45, 2.75) is 32.2 Å². The number of nitrogens with zero attached hydrogens (tertiary/aromatic N) is 6. The van der Waals surface area contributed by atoms with Gasteiger partial charge in [0.05, 0.1) is 11.6 Å². The molecule has 6 nitrogen and oxygen atoms in total. The maximum absolute atomic E-state index is 4.65. The van der Waals surface area contributed by atoms with E-state index in [9.17, 15) is 0 Å². The number of hydrogen-bond donors (Lipinski definition) is 0. The second-order valence-corrected chi connectivity index (χ2v) is 6.11. The number of likely N-dealkylation sites (N-methyl/N-ethyl adjacent to an activating group) is 2. The minimum absolute atomic E-state index is 0.603. The number of fused-ring (bicyclic) bond motifs is 1. The van der Waals surface area contributed by atoms with Crippen molar-refractivity contribution in [3.63, 3.8) is 0 Å². The third-order valence-corrected chi connectivity index (χ3v) is 4.45. The molecule has 0 aliphatic carbocycles. The van der Waals surface area contributed by atoms with E-state index in [0.717, 1.165) is 29.2 Å². The Bertz CT molecular complexity index is 634. The highest BCUT2D eigenvalue weighted by Gasteiger charge is 2.22. The van der Waals surface area contributed by atoms with Crippen LogP contribution in [0.5, 0.6) is 0 Å². The Labute approximate surface area is 125 Å². The van der Waals surface area contributed by atoms with Crippen LogP contribution in [-0.4, -0.2) is 57.9 Å². The van der Waals surface area contributed by atoms with Crippen LogP contribution in [0.4, 0.5) is 5.82 Å². The van der Waals surface area contributed by atoms with Crippen LogP contribution in [0.15, 0.2) is 6.20 Å². The van der Waals surface area contributed by atoms with Gasteiger partial charge in [-0.3, -0.25) is 4.68 Å². The lowest BCUT2D eigenvalue weighted by Gasteiger charge is -2.35. The van der Waals surface area contributed by atoms with Crippen molar-refractivity contribution in [2.24, 2.45) is 7.05 Å². The molecule has 0 amide bonds. The molecular formula is C15H24N6. The summed E-state index contributed by atoms with van der Waals surface area (Å²) in [5.74, 6) is 1.79. The average molecular weight is 288 g/mol. The first-order chi connectivity index (χ1) is 10.1. The lowest BCUT2D eigenvalue weighted by Crippen LogP contribution is -2.44. The highest BCUT2D eigenvalue weighted by molar-refractivity contribution is 5.86. The molecule has 0 radical (unpaired) electrons. The van der Waals surface area contributed by atoms with Gasteiger partial charge in [-0.1, -0.05) is 6.42 Å². The van der Waals surface area contributed by atoms with Crippen LogP contribution >= 0.6 is 0 Å². The van der Waals surface area contributed by atoms with Gasteiger partial charge in [0.1, 0.15) is 11.6 Å². The molecule has 21 heavy (non-hydrogen) atoms. The fourth-order valence-corrected chi connectivity index (χ4v) is 3.18. The van der Waals surface area contributed by atoms with Crippen LogP contribution in [-0.2, 0) is 7.05 Å². The summed E-state index contributed by atoms with van der Waals surface area (Å²) >= 11 is 0. The summed E-state index contributed by atoms with van der Waals surface area (Å²) in [6.07, 6.45) is 5.77. The monoisotopic (exact) mass is 288 g/mol. The minimum atomic E-state index is 0.603. The Hall–Kier alpha value is -1.69. The maximum atomic E-state index is 4.65. The van der Waals surface area contributed by atoms with Gasteiger partial charge in [-0.2, -0.15) is 5.10 Å². The topological polar surface area (TPSA) is 50.1 Å². The van der Waals surface area contributed by atoms with Crippen molar-refractivity contribution in [1.82, 2.24) is 24.6 Å². The van der Waals surface area contributed by atoms with Crippen LogP contribution in [0.25, 0.3) is 11.0 Å². The number of piperidine rings is 1. The molecule has 1 atom stereocenters. The first-order valence-corrected chi connectivity index (χ1v) is 7.64. The summed E-state index contributed by atoms with van der Waals surface area (Å²) in [7, 11) is 6.27. The van der Waals surface area contributed by atoms with Crippen molar-refractivity contribution in [3.05, 3.63) is 12.0 Å². The van der Waals surface area contributed by atoms with Gasteiger partial charge in [0.25, 0.3) is 0 Å². The molecule has 0 spiro atoms. The summed E-state index contributed by atoms with van der Waals surface area (Å²) < 4.78 is 1.81. The predicted molar refractivity (Wildman–Crippen MR) is 84.6 cm³/mol. The third kappa shape index (κ3) is 2.72. The molecule has 1 aliphatic rings. The van der Waals surface area contributed by atoms with Gasteiger partial charge in [-0.25, -0.2) is 9.97 Å². The van der Waals surface area contributed by atoms with E-state index in [1.807, 2.05) is 24.9 Å². The predicted octanol–water partition coefficient (Wildman–Crippen LogP) is 1.59. The molecule has 114 valence electrons. The second-order valence-electron chi connectivity index (χ2n) is 6.11. The molecule has 2 aromatic heterocycles. The molecular weight excluding hydrogens is 264 g/mol. The van der Waals surface area contributed by atoms with Gasteiger partial charge in [-0.05, 0) is 33.4 Å². The van der Waals surface area contributed by atoms with Gasteiger partial charge < -0.3 is 9.80 Å². The number of aryl methyl sites for hydroxylation is 2. The first-order valence-electron chi connectivity index (χ1n) is 7.64. The zero-order valence-electron chi connectivity index (χ0n) is 13.4. The van der Waals surface area contributed by atoms with Crippen molar-refractivity contribution in [3.8, 4) is 0 Å². The molecule has 6 heteroatoms. The Kier molecular flexibility index (Phi) is 3.80. The smallest absolute Gasteiger partial charge is 0.163 e. The number of likely N-dealkylation sites (tertiary alicyclic amines) is 1. The van der Waals surface area contributed by atoms with E-state index in [4.69, 9.17) is 0 Å². The fraction of sp³-hybridized carbons (Fsp3) is 0.667. The molecule has 1 fully saturated rings. The number of rotatable bonds is 3. The van der Waals surface area contributed by atoms with E-state index in [1.54, 1.807) is 0 Å². The number of anilines is 1. The molecule has 0 saturated carbocycles. The summed E-state index contributed by atoms with van der Waals surface area (Å²) in [4.78, 5) is 13.9. The third-order valence-electron chi connectivity index (χ3n) is 4.45. The zero-order chi connectivity index (χ0) is 15.0. The van der Waals surface area contributed by atoms with Crippen LogP contribution in [0.1, 0.15) is 25.1 Å². The van der Waals surface area contributed by atoms with E-state index in [0.29, 0.717) is 6.04 Å². The Balaban J connectivity index is 1.88. The average Bonchev–Trinajstić information content (AvgIpc) is 2.82. The first kappa shape index (κ1) is 14.3. The van der Waals surface area contributed by atoms with E-state index in [2.05, 4.69) is 39.0 Å². The van der Waals surface area contributed by atoms with Crippen molar-refractivity contribution in [2.75, 3.05) is 32.1 Å². The van der Waals surface area contributed by atoms with Gasteiger partial charge in [0.15, 0.2) is 5.65 Å². The van der Waals surface area contributed by atoms with Gasteiger partial charge >= 0.3 is 0 Å². The number of hydrogen-bond acceptors (Lipinski definition) is 5. The van der Waals surface area contributed by atoms with Crippen molar-refractivity contribution < 1.29 is 0 Å². The summed E-state index contributed by atoms with van der Waals surface area (Å²) in [6, 6.07) is 0.603. The Morgan fingerprint density at radius 2 is 2.10 bits per heavy atom. The van der Waals surface area contributed by atoms with Crippen molar-refractivity contribution >= 4 is 16.9 Å². The zero-order valence-corrected chi connectivity index (χ0v) is 13.4. The lowest BCUT2D eigenvalue weighted by molar-refractivity contribution is 0.189. The molecule has 2 aromatic rings. The molecule has 3 rings (SSSR count). The van der Waals surface area contributed by atoms with Gasteiger partial charge in [0, 0.05) is 26.7 Å². The number of aromatic nitrogens is 4. The highest BCUT2D eigenvalue weighted by Crippen LogP contribution is 2.24. The van der Waals surface area contributed by atoms with Crippen molar-refractivity contribution in [1.29, 1.82) is 0 Å². The molecule has 0 aromatic carbocycles. The maximum Gasteiger partial charge on any atom is 0.163 e. The van der Waals surface area contributed by atoms with Crippen LogP contribution < -0.4 is 4.90 Å². The van der Waals surface area contributed by atoms with Gasteiger partial charge in [0.2, 0.25) is 0 Å². The van der Waals surface area contributed by atoms with E-state index < -0.39 is 0 Å². The molecule has 1 saturated heterocycles. The quantitative estimate of drug-likeness (QED) is 0.858. The van der Waals surface area contributed by atoms with Crippen LogP contribution in [0, 0.1) is 6.92 Å². The van der Waals surface area contributed by atoms with Gasteiger partial charge in [-0.15, -0.1) is 0 Å². The second kappa shape index (κ2) is 5.60. The lowest BCUT2D eigenvalue weighted by atomic mass is 10.0.